The van der Waals surface area contributed by atoms with E-state index in [-0.39, 0.29) is 48.9 Å². The van der Waals surface area contributed by atoms with Crippen molar-refractivity contribution >= 4 is 49.1 Å². The minimum atomic E-state index is 0. The van der Waals surface area contributed by atoms with Crippen LogP contribution in [0.15, 0.2) is 101 Å². The van der Waals surface area contributed by atoms with Gasteiger partial charge in [0.15, 0.2) is 5.78 Å². The summed E-state index contributed by atoms with van der Waals surface area (Å²) in [6, 6.07) is 32.4. The molecule has 4 nitrogen and oxygen atoms in total. The fourth-order valence-corrected chi connectivity index (χ4v) is 10.0. The Bertz CT molecular complexity index is 2620. The van der Waals surface area contributed by atoms with Crippen LogP contribution in [0.5, 0.6) is 0 Å². The topological polar surface area (TPSA) is 63.3 Å². The Morgan fingerprint density at radius 2 is 1.42 bits per heavy atom. The summed E-state index contributed by atoms with van der Waals surface area (Å²) in [4.78, 5) is 18.0. The molecule has 0 atom stereocenters. The van der Waals surface area contributed by atoms with E-state index in [0.717, 1.165) is 65.3 Å². The zero-order chi connectivity index (χ0) is 44.2. The molecule has 7 rings (SSSR count). The van der Waals surface area contributed by atoms with Gasteiger partial charge >= 0.3 is 0 Å². The number of thiophene rings is 1. The number of furan rings is 1. The second-order valence-corrected chi connectivity index (χ2v) is 19.6. The van der Waals surface area contributed by atoms with Crippen LogP contribution in [0.4, 0.5) is 0 Å². The second-order valence-electron chi connectivity index (χ2n) is 18.6. The predicted octanol–water partition coefficient (Wildman–Crippen LogP) is 17.0. The number of aryl methyl sites for hydroxylation is 1. The summed E-state index contributed by atoms with van der Waals surface area (Å²) in [5.41, 5.74) is 13.1. The fraction of sp³-hybridized carbons (Fsp3) is 0.393. The molecule has 3 aromatic heterocycles. The van der Waals surface area contributed by atoms with Gasteiger partial charge in [0.2, 0.25) is 0 Å². The van der Waals surface area contributed by atoms with Crippen LogP contribution < -0.4 is 0 Å². The van der Waals surface area contributed by atoms with Gasteiger partial charge in [0, 0.05) is 64.9 Å². The van der Waals surface area contributed by atoms with Crippen LogP contribution in [0.2, 0.25) is 0 Å². The maximum Gasteiger partial charge on any atom is 0.162 e. The van der Waals surface area contributed by atoms with Crippen molar-refractivity contribution in [1.29, 1.82) is 0 Å². The molecule has 3 heterocycles. The van der Waals surface area contributed by atoms with E-state index in [4.69, 9.17) is 9.40 Å². The maximum atomic E-state index is 11.7. The van der Waals surface area contributed by atoms with Gasteiger partial charge in [-0.2, -0.15) is 0 Å². The molecule has 1 radical (unpaired) electrons. The molecule has 6 heteroatoms. The quantitative estimate of drug-likeness (QED) is 0.0710. The zero-order valence-corrected chi connectivity index (χ0v) is 42.2. The van der Waals surface area contributed by atoms with Crippen molar-refractivity contribution in [3.05, 3.63) is 125 Å². The Morgan fingerprint density at radius 1 is 0.806 bits per heavy atom. The molecule has 0 unspecified atom stereocenters. The van der Waals surface area contributed by atoms with E-state index in [1.165, 1.54) is 60.0 Å². The third kappa shape index (κ3) is 10.5. The van der Waals surface area contributed by atoms with Gasteiger partial charge in [0.1, 0.15) is 5.58 Å². The van der Waals surface area contributed by atoms with Gasteiger partial charge < -0.3 is 14.5 Å². The number of hydrogen-bond acceptors (Lipinski definition) is 5. The van der Waals surface area contributed by atoms with Crippen molar-refractivity contribution in [2.75, 3.05) is 0 Å². The molecule has 0 aliphatic carbocycles. The number of aliphatic hydroxyl groups excluding tert-OH is 1. The first-order chi connectivity index (χ1) is 29.1. The summed E-state index contributed by atoms with van der Waals surface area (Å²) >= 11 is 1.82. The number of allylic oxidation sites excluding steroid dienone is 2. The van der Waals surface area contributed by atoms with E-state index in [1.807, 2.05) is 51.3 Å². The number of ketones is 1. The van der Waals surface area contributed by atoms with Crippen molar-refractivity contribution in [3.63, 3.8) is 0 Å². The number of pyridine rings is 1. The molecule has 7 aromatic rings. The molecule has 62 heavy (non-hydrogen) atoms. The van der Waals surface area contributed by atoms with Crippen molar-refractivity contribution in [2.45, 2.75) is 127 Å². The number of hydrogen-bond donors (Lipinski definition) is 1. The van der Waals surface area contributed by atoms with E-state index in [2.05, 4.69) is 134 Å². The average molecular weight is 1030 g/mol. The number of benzene rings is 4. The third-order valence-electron chi connectivity index (χ3n) is 12.2. The molecule has 0 saturated heterocycles. The molecular formula is C56H66IrNO3S-. The van der Waals surface area contributed by atoms with Crippen LogP contribution in [-0.2, 0) is 31.3 Å². The number of nitrogens with zero attached hydrogens (tertiary/aromatic N) is 1. The van der Waals surface area contributed by atoms with Crippen molar-refractivity contribution in [1.82, 2.24) is 4.98 Å². The molecule has 0 amide bonds. The molecule has 0 spiro atoms. The van der Waals surface area contributed by atoms with Crippen LogP contribution in [0.3, 0.4) is 0 Å². The summed E-state index contributed by atoms with van der Waals surface area (Å²) in [7, 11) is 0. The first kappa shape index (κ1) is 48.7. The molecule has 1 N–H and O–H groups in total. The van der Waals surface area contributed by atoms with Crippen molar-refractivity contribution < 1.29 is 34.4 Å². The number of aromatic nitrogens is 1. The van der Waals surface area contributed by atoms with Gasteiger partial charge in [-0.3, -0.25) is 4.79 Å². The summed E-state index contributed by atoms with van der Waals surface area (Å²) in [5, 5.41) is 13.2. The maximum absolute atomic E-state index is 11.7. The van der Waals surface area contributed by atoms with E-state index in [0.29, 0.717) is 11.8 Å². The second kappa shape index (κ2) is 20.9. The summed E-state index contributed by atoms with van der Waals surface area (Å²) in [5.74, 6) is 1.40. The van der Waals surface area contributed by atoms with Gasteiger partial charge in [0.05, 0.1) is 11.3 Å². The minimum Gasteiger partial charge on any atom is -0.512 e. The minimum absolute atomic E-state index is 0. The zero-order valence-electron chi connectivity index (χ0n) is 39.0. The Morgan fingerprint density at radius 3 is 2.00 bits per heavy atom. The molecule has 0 bridgehead atoms. The largest absolute Gasteiger partial charge is 0.512 e. The molecule has 0 aliphatic rings. The van der Waals surface area contributed by atoms with Crippen LogP contribution >= 0.6 is 11.3 Å². The summed E-state index contributed by atoms with van der Waals surface area (Å²) in [6.45, 7) is 26.3. The molecule has 0 saturated carbocycles. The fourth-order valence-electron chi connectivity index (χ4n) is 8.72. The van der Waals surface area contributed by atoms with Gasteiger partial charge in [-0.15, -0.1) is 29.5 Å². The number of carbonyl (C=O) groups is 1. The monoisotopic (exact) mass is 1030 g/mol. The van der Waals surface area contributed by atoms with Gasteiger partial charge in [-0.25, -0.2) is 0 Å². The number of rotatable bonds is 13. The van der Waals surface area contributed by atoms with Crippen LogP contribution in [0.25, 0.3) is 64.8 Å². The third-order valence-corrected chi connectivity index (χ3v) is 13.6. The Hall–Kier alpha value is -4.35. The number of aliphatic hydroxyl groups is 1. The predicted molar refractivity (Wildman–Crippen MR) is 262 cm³/mol. The van der Waals surface area contributed by atoms with Crippen LogP contribution in [-0.4, -0.2) is 15.9 Å². The molecule has 4 aromatic carbocycles. The summed E-state index contributed by atoms with van der Waals surface area (Å²) < 4.78 is 7.93. The number of fused-ring (bicyclic) bond motifs is 4. The number of carbonyl (C=O) groups excluding carboxylic acids is 1. The molecule has 329 valence electrons. The van der Waals surface area contributed by atoms with Crippen LogP contribution in [0, 0.1) is 30.2 Å². The van der Waals surface area contributed by atoms with Crippen molar-refractivity contribution in [3.8, 4) is 32.8 Å². The first-order valence-electron chi connectivity index (χ1n) is 22.5. The Labute approximate surface area is 388 Å². The molecule has 0 aliphatic heterocycles. The SMILES string of the molecule is CCC(CC)C(=O)/C=C(\O)C(CC)CC.Cc1c(-c2ccc(CC(C)(C)C)cc2)sc2c(-c3[c-]ccc4c3oc3cc(-c5c(C(C)C)cccc5C(C)C)ccc34)nccc12.[Ir]. The Balaban J connectivity index is 0.000000390. The standard InChI is InChI=1S/C43H42NOS.C13H24O2.Ir/c1-25(2)31-11-9-12-32(26(3)4)38(31)30-19-20-34-35-13-10-14-36(40(35)45-37(34)23-30)39-42-33(21-22-44-39)27(5)41(46-42)29-17-15-28(16-18-29)24-43(6,7)8;1-5-10(6-2)12(14)9-13(15)11(7-3)8-4;/h9-13,15-23,25-26H,24H2,1-8H3;9-11,14H,5-8H2,1-4H3;/q-1;;/b;12-9-;. The normalized spacial score (nSPS) is 12.2. The molecular weight excluding hydrogens is 959 g/mol. The molecule has 0 fully saturated rings. The van der Waals surface area contributed by atoms with E-state index < -0.39 is 0 Å². The van der Waals surface area contributed by atoms with Gasteiger partial charge in [-0.05, 0) is 113 Å². The average Bonchev–Trinajstić information content (AvgIpc) is 3.78. The van der Waals surface area contributed by atoms with E-state index >= 15 is 0 Å². The van der Waals surface area contributed by atoms with E-state index in [1.54, 1.807) is 0 Å². The van der Waals surface area contributed by atoms with Gasteiger partial charge in [0.25, 0.3) is 0 Å². The van der Waals surface area contributed by atoms with Crippen LogP contribution in [0.1, 0.15) is 136 Å². The Kier molecular flexibility index (Phi) is 16.4. The smallest absolute Gasteiger partial charge is 0.162 e. The van der Waals surface area contributed by atoms with Gasteiger partial charge in [-0.1, -0.05) is 142 Å². The van der Waals surface area contributed by atoms with E-state index in [9.17, 15) is 9.90 Å². The first-order valence-corrected chi connectivity index (χ1v) is 23.3. The van der Waals surface area contributed by atoms with Crippen molar-refractivity contribution in [2.24, 2.45) is 17.3 Å². The summed E-state index contributed by atoms with van der Waals surface area (Å²) in [6.07, 6.45) is 7.90.